The van der Waals surface area contributed by atoms with E-state index < -0.39 is 0 Å². The lowest BCUT2D eigenvalue weighted by atomic mass is 10.2. The van der Waals surface area contributed by atoms with E-state index in [0.29, 0.717) is 5.95 Å². The van der Waals surface area contributed by atoms with Gasteiger partial charge in [0.15, 0.2) is 0 Å². The van der Waals surface area contributed by atoms with E-state index in [1.54, 1.807) is 13.3 Å². The van der Waals surface area contributed by atoms with Gasteiger partial charge in [-0.05, 0) is 30.7 Å². The van der Waals surface area contributed by atoms with Gasteiger partial charge in [0.1, 0.15) is 11.6 Å². The zero-order valence-corrected chi connectivity index (χ0v) is 14.5. The van der Waals surface area contributed by atoms with Crippen LogP contribution in [0.15, 0.2) is 66.9 Å². The molecule has 2 aromatic carbocycles. The molecule has 5 heteroatoms. The molecule has 0 saturated carbocycles. The first kappa shape index (κ1) is 16.8. The predicted octanol–water partition coefficient (Wildman–Crippen LogP) is 4.26. The third kappa shape index (κ3) is 4.47. The standard InChI is InChI=1S/C20H22N4O/c1-3-24(15-16-8-5-4-6-9-16)20-21-13-12-19(23-20)22-17-10-7-11-18(14-17)25-2/h4-14H,3,15H2,1-2H3,(H,21,22,23). The van der Waals surface area contributed by atoms with Gasteiger partial charge < -0.3 is 15.0 Å². The maximum atomic E-state index is 5.26. The van der Waals surface area contributed by atoms with Gasteiger partial charge in [-0.15, -0.1) is 0 Å². The van der Waals surface area contributed by atoms with Crippen LogP contribution in [0.1, 0.15) is 12.5 Å². The molecule has 0 aliphatic heterocycles. The maximum absolute atomic E-state index is 5.26. The lowest BCUT2D eigenvalue weighted by Gasteiger charge is -2.21. The van der Waals surface area contributed by atoms with Crippen LogP contribution in [0.25, 0.3) is 0 Å². The molecule has 0 bridgehead atoms. The summed E-state index contributed by atoms with van der Waals surface area (Å²) in [6, 6.07) is 20.0. The van der Waals surface area contributed by atoms with E-state index in [4.69, 9.17) is 4.74 Å². The van der Waals surface area contributed by atoms with Crippen molar-refractivity contribution in [2.24, 2.45) is 0 Å². The molecule has 3 rings (SSSR count). The molecule has 1 heterocycles. The second-order valence-corrected chi connectivity index (χ2v) is 5.60. The van der Waals surface area contributed by atoms with E-state index in [1.165, 1.54) is 5.56 Å². The second-order valence-electron chi connectivity index (χ2n) is 5.60. The van der Waals surface area contributed by atoms with Crippen molar-refractivity contribution in [2.45, 2.75) is 13.5 Å². The highest BCUT2D eigenvalue weighted by Gasteiger charge is 2.09. The molecular formula is C20H22N4O. The van der Waals surface area contributed by atoms with Crippen molar-refractivity contribution in [3.63, 3.8) is 0 Å². The van der Waals surface area contributed by atoms with Crippen LogP contribution in [0, 0.1) is 0 Å². The van der Waals surface area contributed by atoms with Gasteiger partial charge in [-0.3, -0.25) is 0 Å². The number of hydrogen-bond acceptors (Lipinski definition) is 5. The zero-order valence-electron chi connectivity index (χ0n) is 14.5. The second kappa shape index (κ2) is 8.15. The Hall–Kier alpha value is -3.08. The molecule has 0 saturated heterocycles. The van der Waals surface area contributed by atoms with Gasteiger partial charge in [0.2, 0.25) is 5.95 Å². The van der Waals surface area contributed by atoms with Crippen LogP contribution in [0.3, 0.4) is 0 Å². The third-order valence-electron chi connectivity index (χ3n) is 3.87. The maximum Gasteiger partial charge on any atom is 0.227 e. The van der Waals surface area contributed by atoms with Gasteiger partial charge in [0.05, 0.1) is 7.11 Å². The average molecular weight is 334 g/mol. The predicted molar refractivity (Wildman–Crippen MR) is 101 cm³/mol. The largest absolute Gasteiger partial charge is 0.497 e. The Balaban J connectivity index is 1.77. The number of ether oxygens (including phenoxy) is 1. The summed E-state index contributed by atoms with van der Waals surface area (Å²) < 4.78 is 5.26. The summed E-state index contributed by atoms with van der Waals surface area (Å²) in [5, 5.41) is 3.30. The fourth-order valence-corrected chi connectivity index (χ4v) is 2.55. The van der Waals surface area contributed by atoms with Crippen molar-refractivity contribution < 1.29 is 4.74 Å². The molecule has 25 heavy (non-hydrogen) atoms. The van der Waals surface area contributed by atoms with Gasteiger partial charge >= 0.3 is 0 Å². The van der Waals surface area contributed by atoms with E-state index >= 15 is 0 Å². The van der Waals surface area contributed by atoms with E-state index in [0.717, 1.165) is 30.3 Å². The Morgan fingerprint density at radius 1 is 1.04 bits per heavy atom. The number of benzene rings is 2. The average Bonchev–Trinajstić information content (AvgIpc) is 2.67. The van der Waals surface area contributed by atoms with Gasteiger partial charge in [-0.25, -0.2) is 4.98 Å². The Morgan fingerprint density at radius 3 is 2.64 bits per heavy atom. The van der Waals surface area contributed by atoms with E-state index in [1.807, 2.05) is 48.5 Å². The SMILES string of the molecule is CCN(Cc1ccccc1)c1nccc(Nc2cccc(OC)c2)n1. The van der Waals surface area contributed by atoms with Gasteiger partial charge in [0, 0.05) is 31.0 Å². The van der Waals surface area contributed by atoms with Crippen molar-refractivity contribution >= 4 is 17.5 Å². The summed E-state index contributed by atoms with van der Waals surface area (Å²) in [5.74, 6) is 2.27. The summed E-state index contributed by atoms with van der Waals surface area (Å²) >= 11 is 0. The molecular weight excluding hydrogens is 312 g/mol. The molecule has 128 valence electrons. The van der Waals surface area contributed by atoms with Crippen molar-refractivity contribution in [3.05, 3.63) is 72.4 Å². The molecule has 1 aromatic heterocycles. The van der Waals surface area contributed by atoms with Crippen LogP contribution in [0.2, 0.25) is 0 Å². The Kier molecular flexibility index (Phi) is 5.46. The Morgan fingerprint density at radius 2 is 1.88 bits per heavy atom. The molecule has 0 aliphatic rings. The molecule has 0 amide bonds. The summed E-state index contributed by atoms with van der Waals surface area (Å²) in [6.07, 6.45) is 1.78. The lowest BCUT2D eigenvalue weighted by molar-refractivity contribution is 0.415. The highest BCUT2D eigenvalue weighted by molar-refractivity contribution is 5.59. The Labute approximate surface area is 148 Å². The fraction of sp³-hybridized carbons (Fsp3) is 0.200. The number of aromatic nitrogens is 2. The minimum Gasteiger partial charge on any atom is -0.497 e. The number of nitrogens with zero attached hydrogens (tertiary/aromatic N) is 3. The molecule has 0 atom stereocenters. The monoisotopic (exact) mass is 334 g/mol. The number of nitrogens with one attached hydrogen (secondary N) is 1. The summed E-state index contributed by atoms with van der Waals surface area (Å²) in [5.41, 5.74) is 2.16. The van der Waals surface area contributed by atoms with Crippen molar-refractivity contribution in [1.82, 2.24) is 9.97 Å². The molecule has 1 N–H and O–H groups in total. The van der Waals surface area contributed by atoms with Gasteiger partial charge in [0.25, 0.3) is 0 Å². The highest BCUT2D eigenvalue weighted by Crippen LogP contribution is 2.21. The van der Waals surface area contributed by atoms with Crippen LogP contribution >= 0.6 is 0 Å². The number of rotatable bonds is 7. The summed E-state index contributed by atoms with van der Waals surface area (Å²) in [7, 11) is 1.66. The fourth-order valence-electron chi connectivity index (χ4n) is 2.55. The molecule has 0 unspecified atom stereocenters. The highest BCUT2D eigenvalue weighted by atomic mass is 16.5. The van der Waals surface area contributed by atoms with Crippen LogP contribution in [0.4, 0.5) is 17.5 Å². The van der Waals surface area contributed by atoms with Gasteiger partial charge in [-0.2, -0.15) is 4.98 Å². The Bertz CT molecular complexity index is 808. The quantitative estimate of drug-likeness (QED) is 0.700. The van der Waals surface area contributed by atoms with E-state index in [-0.39, 0.29) is 0 Å². The molecule has 5 nitrogen and oxygen atoms in total. The van der Waals surface area contributed by atoms with Crippen molar-refractivity contribution in [1.29, 1.82) is 0 Å². The number of anilines is 3. The normalized spacial score (nSPS) is 10.3. The molecule has 0 radical (unpaired) electrons. The third-order valence-corrected chi connectivity index (χ3v) is 3.87. The first-order chi connectivity index (χ1) is 12.3. The minimum atomic E-state index is 0.708. The van der Waals surface area contributed by atoms with Crippen LogP contribution < -0.4 is 15.0 Å². The smallest absolute Gasteiger partial charge is 0.227 e. The molecule has 0 spiro atoms. The van der Waals surface area contributed by atoms with Gasteiger partial charge in [-0.1, -0.05) is 36.4 Å². The lowest BCUT2D eigenvalue weighted by Crippen LogP contribution is -2.24. The number of methoxy groups -OCH3 is 1. The van der Waals surface area contributed by atoms with Crippen LogP contribution in [-0.4, -0.2) is 23.6 Å². The topological polar surface area (TPSA) is 50.3 Å². The first-order valence-corrected chi connectivity index (χ1v) is 8.31. The van der Waals surface area contributed by atoms with Crippen LogP contribution in [0.5, 0.6) is 5.75 Å². The van der Waals surface area contributed by atoms with E-state index in [9.17, 15) is 0 Å². The summed E-state index contributed by atoms with van der Waals surface area (Å²) in [4.78, 5) is 11.2. The first-order valence-electron chi connectivity index (χ1n) is 8.31. The molecule has 0 aliphatic carbocycles. The van der Waals surface area contributed by atoms with E-state index in [2.05, 4.69) is 39.2 Å². The summed E-state index contributed by atoms with van der Waals surface area (Å²) in [6.45, 7) is 3.71. The zero-order chi connectivity index (χ0) is 17.5. The molecule has 3 aromatic rings. The van der Waals surface area contributed by atoms with Crippen molar-refractivity contribution in [3.8, 4) is 5.75 Å². The number of hydrogen-bond donors (Lipinski definition) is 1. The van der Waals surface area contributed by atoms with Crippen molar-refractivity contribution in [2.75, 3.05) is 23.9 Å². The molecule has 0 fully saturated rings. The van der Waals surface area contributed by atoms with Crippen LogP contribution in [-0.2, 0) is 6.54 Å². The minimum absolute atomic E-state index is 0.708.